The zero-order valence-electron chi connectivity index (χ0n) is 17.3. The zero-order valence-corrected chi connectivity index (χ0v) is 17.3. The third-order valence-corrected chi connectivity index (χ3v) is 6.17. The van der Waals surface area contributed by atoms with E-state index in [1.165, 1.54) is 18.2 Å². The summed E-state index contributed by atoms with van der Waals surface area (Å²) in [5.74, 6) is -0.261. The van der Waals surface area contributed by atoms with E-state index < -0.39 is 0 Å². The van der Waals surface area contributed by atoms with E-state index in [9.17, 15) is 13.6 Å². The number of amides is 1. The Bertz CT molecular complexity index is 881. The number of hydrogen-bond acceptors (Lipinski definition) is 3. The number of carbonyl (C=O) groups is 1. The van der Waals surface area contributed by atoms with E-state index in [2.05, 4.69) is 4.90 Å². The Labute approximate surface area is 176 Å². The lowest BCUT2D eigenvalue weighted by Gasteiger charge is -2.40. The summed E-state index contributed by atoms with van der Waals surface area (Å²) >= 11 is 0. The first-order valence-electron chi connectivity index (χ1n) is 10.6. The molecule has 6 heteroatoms. The number of rotatable bonds is 4. The van der Waals surface area contributed by atoms with Gasteiger partial charge in [0, 0.05) is 32.7 Å². The number of ether oxygens (including phenoxy) is 1. The van der Waals surface area contributed by atoms with E-state index in [0.29, 0.717) is 45.0 Å². The van der Waals surface area contributed by atoms with Crippen LogP contribution in [-0.2, 0) is 16.1 Å². The number of benzene rings is 2. The van der Waals surface area contributed by atoms with Crippen LogP contribution in [0, 0.1) is 24.5 Å². The minimum absolute atomic E-state index is 0.118. The highest BCUT2D eigenvalue weighted by Crippen LogP contribution is 2.33. The van der Waals surface area contributed by atoms with Crippen molar-refractivity contribution >= 4 is 5.91 Å². The first kappa shape index (κ1) is 20.9. The number of likely N-dealkylation sites (tertiary alicyclic amines) is 1. The number of aryl methyl sites for hydroxylation is 1. The molecule has 0 bridgehead atoms. The fourth-order valence-electron chi connectivity index (χ4n) is 4.55. The molecule has 4 nitrogen and oxygen atoms in total. The molecule has 2 aliphatic heterocycles. The molecule has 160 valence electrons. The SMILES string of the molecule is Cc1cc([C@@H]2C[C@H](C(=O)N3CCOCC3)CN(Cc3ccc(F)cc3)C2)ccc1F. The molecular weight excluding hydrogens is 386 g/mol. The summed E-state index contributed by atoms with van der Waals surface area (Å²) in [4.78, 5) is 17.4. The van der Waals surface area contributed by atoms with E-state index in [1.54, 1.807) is 19.1 Å². The molecule has 1 amide bonds. The summed E-state index contributed by atoms with van der Waals surface area (Å²) in [7, 11) is 0. The highest BCUT2D eigenvalue weighted by molar-refractivity contribution is 5.79. The van der Waals surface area contributed by atoms with Crippen LogP contribution in [0.5, 0.6) is 0 Å². The number of morpholine rings is 1. The third-order valence-electron chi connectivity index (χ3n) is 6.17. The van der Waals surface area contributed by atoms with Crippen LogP contribution < -0.4 is 0 Å². The standard InChI is InChI=1S/C24H28F2N2O2/c1-17-12-19(4-7-23(17)26)20-13-21(24(29)28-8-10-30-11-9-28)16-27(15-20)14-18-2-5-22(25)6-3-18/h2-7,12,20-21H,8-11,13-16H2,1H3/t20-,21+/m1/s1. The number of nitrogens with zero attached hydrogens (tertiary/aromatic N) is 2. The maximum Gasteiger partial charge on any atom is 0.227 e. The van der Waals surface area contributed by atoms with Crippen molar-refractivity contribution in [1.82, 2.24) is 9.80 Å². The van der Waals surface area contributed by atoms with Gasteiger partial charge in [-0.05, 0) is 54.2 Å². The fourth-order valence-corrected chi connectivity index (χ4v) is 4.55. The molecule has 0 unspecified atom stereocenters. The first-order chi connectivity index (χ1) is 14.5. The maximum absolute atomic E-state index is 13.8. The Morgan fingerprint density at radius 3 is 2.50 bits per heavy atom. The molecule has 2 saturated heterocycles. The molecular formula is C24H28F2N2O2. The van der Waals surface area contributed by atoms with Crippen molar-refractivity contribution < 1.29 is 18.3 Å². The summed E-state index contributed by atoms with van der Waals surface area (Å²) in [5, 5.41) is 0. The summed E-state index contributed by atoms with van der Waals surface area (Å²) in [6.45, 7) is 6.32. The average Bonchev–Trinajstić information content (AvgIpc) is 2.77. The Hall–Kier alpha value is -2.31. The van der Waals surface area contributed by atoms with E-state index >= 15 is 0 Å². The van der Waals surface area contributed by atoms with Crippen molar-refractivity contribution in [2.45, 2.75) is 25.8 Å². The predicted octanol–water partition coefficient (Wildman–Crippen LogP) is 3.74. The van der Waals surface area contributed by atoms with Gasteiger partial charge in [-0.2, -0.15) is 0 Å². The van der Waals surface area contributed by atoms with Crippen molar-refractivity contribution in [3.8, 4) is 0 Å². The second-order valence-electron chi connectivity index (χ2n) is 8.40. The average molecular weight is 414 g/mol. The molecule has 2 fully saturated rings. The summed E-state index contributed by atoms with van der Waals surface area (Å²) in [5.41, 5.74) is 2.71. The van der Waals surface area contributed by atoms with Gasteiger partial charge < -0.3 is 9.64 Å². The molecule has 0 N–H and O–H groups in total. The van der Waals surface area contributed by atoms with Gasteiger partial charge in [-0.15, -0.1) is 0 Å². The quantitative estimate of drug-likeness (QED) is 0.764. The maximum atomic E-state index is 13.8. The molecule has 2 atom stereocenters. The second-order valence-corrected chi connectivity index (χ2v) is 8.40. The Morgan fingerprint density at radius 2 is 1.80 bits per heavy atom. The van der Waals surface area contributed by atoms with Gasteiger partial charge in [0.15, 0.2) is 0 Å². The number of hydrogen-bond donors (Lipinski definition) is 0. The minimum Gasteiger partial charge on any atom is -0.378 e. The molecule has 0 saturated carbocycles. The number of halogens is 2. The first-order valence-corrected chi connectivity index (χ1v) is 10.6. The van der Waals surface area contributed by atoms with Gasteiger partial charge >= 0.3 is 0 Å². The summed E-state index contributed by atoms with van der Waals surface area (Å²) in [6, 6.07) is 11.8. The highest BCUT2D eigenvalue weighted by atomic mass is 19.1. The summed E-state index contributed by atoms with van der Waals surface area (Å²) < 4.78 is 32.5. The van der Waals surface area contributed by atoms with E-state index in [-0.39, 0.29) is 29.4 Å². The zero-order chi connectivity index (χ0) is 21.1. The highest BCUT2D eigenvalue weighted by Gasteiger charge is 2.35. The fraction of sp³-hybridized carbons (Fsp3) is 0.458. The van der Waals surface area contributed by atoms with Crippen molar-refractivity contribution in [1.29, 1.82) is 0 Å². The van der Waals surface area contributed by atoms with Crippen LogP contribution in [-0.4, -0.2) is 55.1 Å². The lowest BCUT2D eigenvalue weighted by Crippen LogP contribution is -2.49. The minimum atomic E-state index is -0.252. The van der Waals surface area contributed by atoms with Crippen LogP contribution >= 0.6 is 0 Å². The molecule has 0 radical (unpaired) electrons. The predicted molar refractivity (Wildman–Crippen MR) is 111 cm³/mol. The number of piperidine rings is 1. The Morgan fingerprint density at radius 1 is 1.07 bits per heavy atom. The molecule has 0 aromatic heterocycles. The van der Waals surface area contributed by atoms with E-state index in [0.717, 1.165) is 24.1 Å². The van der Waals surface area contributed by atoms with Crippen molar-refractivity contribution in [3.05, 3.63) is 70.8 Å². The van der Waals surface area contributed by atoms with Crippen LogP contribution in [0.25, 0.3) is 0 Å². The van der Waals surface area contributed by atoms with Crippen molar-refractivity contribution in [2.24, 2.45) is 5.92 Å². The van der Waals surface area contributed by atoms with E-state index in [1.807, 2.05) is 17.0 Å². The monoisotopic (exact) mass is 414 g/mol. The Balaban J connectivity index is 1.55. The van der Waals surface area contributed by atoms with Gasteiger partial charge in [-0.1, -0.05) is 24.3 Å². The van der Waals surface area contributed by atoms with E-state index in [4.69, 9.17) is 4.74 Å². The van der Waals surface area contributed by atoms with Gasteiger partial charge in [-0.3, -0.25) is 9.69 Å². The van der Waals surface area contributed by atoms with Crippen molar-refractivity contribution in [2.75, 3.05) is 39.4 Å². The molecule has 2 aliphatic rings. The lowest BCUT2D eigenvalue weighted by molar-refractivity contribution is -0.141. The molecule has 2 aromatic rings. The Kier molecular flexibility index (Phi) is 6.44. The van der Waals surface area contributed by atoms with Crippen molar-refractivity contribution in [3.63, 3.8) is 0 Å². The molecule has 4 rings (SSSR count). The molecule has 0 spiro atoms. The van der Waals surface area contributed by atoms with Gasteiger partial charge in [0.2, 0.25) is 5.91 Å². The van der Waals surface area contributed by atoms with Gasteiger partial charge in [0.25, 0.3) is 0 Å². The third kappa shape index (κ3) is 4.87. The van der Waals surface area contributed by atoms with Crippen LogP contribution in [0.15, 0.2) is 42.5 Å². The normalized spacial score (nSPS) is 22.8. The smallest absolute Gasteiger partial charge is 0.227 e. The van der Waals surface area contributed by atoms with Crippen LogP contribution in [0.4, 0.5) is 8.78 Å². The van der Waals surface area contributed by atoms with Crippen LogP contribution in [0.1, 0.15) is 29.0 Å². The molecule has 2 heterocycles. The van der Waals surface area contributed by atoms with Crippen LogP contribution in [0.3, 0.4) is 0 Å². The second kappa shape index (κ2) is 9.23. The number of carbonyl (C=O) groups excluding carboxylic acids is 1. The summed E-state index contributed by atoms with van der Waals surface area (Å²) in [6.07, 6.45) is 0.751. The molecule has 2 aromatic carbocycles. The van der Waals surface area contributed by atoms with Gasteiger partial charge in [-0.25, -0.2) is 8.78 Å². The lowest BCUT2D eigenvalue weighted by atomic mass is 9.83. The van der Waals surface area contributed by atoms with Crippen LogP contribution in [0.2, 0.25) is 0 Å². The molecule has 30 heavy (non-hydrogen) atoms. The van der Waals surface area contributed by atoms with Gasteiger partial charge in [0.1, 0.15) is 11.6 Å². The largest absolute Gasteiger partial charge is 0.378 e. The molecule has 0 aliphatic carbocycles. The topological polar surface area (TPSA) is 32.8 Å². The van der Waals surface area contributed by atoms with Gasteiger partial charge in [0.05, 0.1) is 19.1 Å².